The third-order valence-corrected chi connectivity index (χ3v) is 5.37. The number of rotatable bonds is 5. The van der Waals surface area contributed by atoms with Crippen molar-refractivity contribution in [1.82, 2.24) is 15.4 Å². The summed E-state index contributed by atoms with van der Waals surface area (Å²) in [7, 11) is 0. The van der Waals surface area contributed by atoms with Crippen LogP contribution in [-0.2, 0) is 6.42 Å². The monoisotopic (exact) mass is 458 g/mol. The van der Waals surface area contributed by atoms with E-state index < -0.39 is 10.8 Å². The van der Waals surface area contributed by atoms with Crippen molar-refractivity contribution < 1.29 is 9.72 Å². The highest BCUT2D eigenvalue weighted by atomic mass is 35.5. The molecule has 0 unspecified atom stereocenters. The standard InChI is InChI=1S/C20H16Cl2N6O3/c21-13-7-8-14(15(22)10-13)20(29)26-25-18-17(28(30)31)19(24-11-23-18)27-9-3-5-12-4-1-2-6-16(12)27/h1-2,4,6-8,10-11H,3,5,9H2,(H,26,29)(H,23,24,25). The van der Waals surface area contributed by atoms with Gasteiger partial charge < -0.3 is 4.90 Å². The molecular formula is C20H16Cl2N6O3. The van der Waals surface area contributed by atoms with Crippen molar-refractivity contribution in [2.75, 3.05) is 16.9 Å². The van der Waals surface area contributed by atoms with Crippen LogP contribution in [0, 0.1) is 10.1 Å². The van der Waals surface area contributed by atoms with E-state index in [4.69, 9.17) is 23.2 Å². The third kappa shape index (κ3) is 4.23. The van der Waals surface area contributed by atoms with Gasteiger partial charge in [-0.05, 0) is 42.7 Å². The van der Waals surface area contributed by atoms with Gasteiger partial charge in [0.15, 0.2) is 0 Å². The van der Waals surface area contributed by atoms with E-state index in [0.717, 1.165) is 24.1 Å². The second-order valence-corrected chi connectivity index (χ2v) is 7.58. The van der Waals surface area contributed by atoms with Crippen LogP contribution < -0.4 is 15.8 Å². The van der Waals surface area contributed by atoms with Crippen molar-refractivity contribution in [2.45, 2.75) is 12.8 Å². The molecule has 0 saturated carbocycles. The molecule has 4 rings (SSSR count). The van der Waals surface area contributed by atoms with Crippen LogP contribution in [0.25, 0.3) is 0 Å². The molecule has 0 spiro atoms. The first-order valence-electron chi connectivity index (χ1n) is 9.32. The van der Waals surface area contributed by atoms with Crippen LogP contribution in [0.3, 0.4) is 0 Å². The molecule has 1 aliphatic rings. The Morgan fingerprint density at radius 2 is 1.97 bits per heavy atom. The first-order chi connectivity index (χ1) is 15.0. The summed E-state index contributed by atoms with van der Waals surface area (Å²) in [6.07, 6.45) is 2.92. The van der Waals surface area contributed by atoms with E-state index in [1.165, 1.54) is 24.5 Å². The number of amides is 1. The number of benzene rings is 2. The number of hydrogen-bond acceptors (Lipinski definition) is 7. The van der Waals surface area contributed by atoms with E-state index in [1.54, 1.807) is 4.90 Å². The van der Waals surface area contributed by atoms with Gasteiger partial charge in [0.1, 0.15) is 6.33 Å². The average molecular weight is 459 g/mol. The number of halogens is 2. The molecule has 1 amide bonds. The molecule has 31 heavy (non-hydrogen) atoms. The van der Waals surface area contributed by atoms with Gasteiger partial charge in [-0.3, -0.25) is 25.8 Å². The zero-order valence-corrected chi connectivity index (χ0v) is 17.5. The third-order valence-electron chi connectivity index (χ3n) is 4.82. The van der Waals surface area contributed by atoms with Crippen LogP contribution >= 0.6 is 23.2 Å². The lowest BCUT2D eigenvalue weighted by atomic mass is 10.0. The normalized spacial score (nSPS) is 12.8. The maximum atomic E-state index is 12.5. The minimum atomic E-state index is -0.598. The number of nitrogens with zero attached hydrogens (tertiary/aromatic N) is 4. The molecule has 0 aliphatic carbocycles. The second-order valence-electron chi connectivity index (χ2n) is 6.74. The van der Waals surface area contributed by atoms with Gasteiger partial charge in [-0.1, -0.05) is 41.4 Å². The SMILES string of the molecule is O=C(NNc1ncnc(N2CCCc3ccccc32)c1[N+](=O)[O-])c1ccc(Cl)cc1Cl. The van der Waals surface area contributed by atoms with Crippen LogP contribution in [0.2, 0.25) is 10.0 Å². The predicted molar refractivity (Wildman–Crippen MR) is 118 cm³/mol. The number of carbonyl (C=O) groups is 1. The number of hydrogen-bond donors (Lipinski definition) is 2. The molecule has 11 heteroatoms. The summed E-state index contributed by atoms with van der Waals surface area (Å²) < 4.78 is 0. The minimum Gasteiger partial charge on any atom is -0.320 e. The highest BCUT2D eigenvalue weighted by Gasteiger charge is 2.30. The van der Waals surface area contributed by atoms with Gasteiger partial charge in [-0.2, -0.15) is 0 Å². The van der Waals surface area contributed by atoms with Crippen molar-refractivity contribution in [3.05, 3.63) is 80.1 Å². The average Bonchev–Trinajstić information content (AvgIpc) is 2.76. The van der Waals surface area contributed by atoms with Gasteiger partial charge in [0.2, 0.25) is 11.6 Å². The number of para-hydroxylation sites is 1. The topological polar surface area (TPSA) is 113 Å². The predicted octanol–water partition coefficient (Wildman–Crippen LogP) is 4.53. The maximum Gasteiger partial charge on any atom is 0.355 e. The summed E-state index contributed by atoms with van der Waals surface area (Å²) in [6.45, 7) is 0.570. The zero-order chi connectivity index (χ0) is 22.0. The molecule has 2 N–H and O–H groups in total. The molecule has 0 saturated heterocycles. The van der Waals surface area contributed by atoms with Gasteiger partial charge >= 0.3 is 5.69 Å². The van der Waals surface area contributed by atoms with E-state index in [2.05, 4.69) is 20.8 Å². The number of carbonyl (C=O) groups excluding carboxylic acids is 1. The fourth-order valence-electron chi connectivity index (χ4n) is 3.44. The Labute approximate surface area is 187 Å². The van der Waals surface area contributed by atoms with Crippen LogP contribution in [0.5, 0.6) is 0 Å². The lowest BCUT2D eigenvalue weighted by Gasteiger charge is -2.30. The molecule has 0 fully saturated rings. The first-order valence-corrected chi connectivity index (χ1v) is 10.1. The summed E-state index contributed by atoms with van der Waals surface area (Å²) >= 11 is 11.9. The summed E-state index contributed by atoms with van der Waals surface area (Å²) in [5.41, 5.74) is 6.67. The maximum absolute atomic E-state index is 12.5. The second kappa shape index (κ2) is 8.75. The number of hydrazine groups is 1. The summed E-state index contributed by atoms with van der Waals surface area (Å²) in [5.74, 6) is -0.593. The summed E-state index contributed by atoms with van der Waals surface area (Å²) in [5, 5.41) is 12.4. The Bertz CT molecular complexity index is 1170. The van der Waals surface area contributed by atoms with E-state index in [-0.39, 0.29) is 27.9 Å². The van der Waals surface area contributed by atoms with Crippen LogP contribution in [-0.4, -0.2) is 27.3 Å². The molecule has 2 aromatic carbocycles. The highest BCUT2D eigenvalue weighted by Crippen LogP contribution is 2.39. The van der Waals surface area contributed by atoms with Crippen molar-refractivity contribution >= 4 is 52.1 Å². The van der Waals surface area contributed by atoms with E-state index in [1.807, 2.05) is 24.3 Å². The Morgan fingerprint density at radius 1 is 1.16 bits per heavy atom. The van der Waals surface area contributed by atoms with Crippen molar-refractivity contribution in [3.63, 3.8) is 0 Å². The molecule has 9 nitrogen and oxygen atoms in total. The number of nitrogens with one attached hydrogen (secondary N) is 2. The lowest BCUT2D eigenvalue weighted by molar-refractivity contribution is -0.383. The van der Waals surface area contributed by atoms with Gasteiger partial charge in [-0.15, -0.1) is 0 Å². The summed E-state index contributed by atoms with van der Waals surface area (Å²) in [6, 6.07) is 12.1. The molecule has 158 valence electrons. The largest absolute Gasteiger partial charge is 0.355 e. The van der Waals surface area contributed by atoms with Crippen molar-refractivity contribution in [3.8, 4) is 0 Å². The minimum absolute atomic E-state index is 0.142. The number of fused-ring (bicyclic) bond motifs is 1. The number of anilines is 3. The van der Waals surface area contributed by atoms with Crippen molar-refractivity contribution in [1.29, 1.82) is 0 Å². The molecule has 1 aromatic heterocycles. The fourth-order valence-corrected chi connectivity index (χ4v) is 3.93. The van der Waals surface area contributed by atoms with Gasteiger partial charge in [0.05, 0.1) is 15.5 Å². The molecular weight excluding hydrogens is 443 g/mol. The molecule has 0 bridgehead atoms. The molecule has 0 atom stereocenters. The lowest BCUT2D eigenvalue weighted by Crippen LogP contribution is -2.31. The van der Waals surface area contributed by atoms with Crippen LogP contribution in [0.1, 0.15) is 22.3 Å². The van der Waals surface area contributed by atoms with Gasteiger partial charge in [0.25, 0.3) is 5.91 Å². The number of aromatic nitrogens is 2. The van der Waals surface area contributed by atoms with Crippen LogP contribution in [0.15, 0.2) is 48.8 Å². The fraction of sp³-hybridized carbons (Fsp3) is 0.150. The zero-order valence-electron chi connectivity index (χ0n) is 16.0. The molecule has 1 aliphatic heterocycles. The molecule has 0 radical (unpaired) electrons. The van der Waals surface area contributed by atoms with Crippen molar-refractivity contribution in [2.24, 2.45) is 0 Å². The Balaban J connectivity index is 1.64. The first kappa shape index (κ1) is 20.8. The quantitative estimate of drug-likeness (QED) is 0.426. The van der Waals surface area contributed by atoms with E-state index >= 15 is 0 Å². The Morgan fingerprint density at radius 3 is 2.74 bits per heavy atom. The Kier molecular flexibility index (Phi) is 5.88. The smallest absolute Gasteiger partial charge is 0.320 e. The van der Waals surface area contributed by atoms with Crippen LogP contribution in [0.4, 0.5) is 23.0 Å². The Hall–Kier alpha value is -3.43. The number of nitro groups is 1. The highest BCUT2D eigenvalue weighted by molar-refractivity contribution is 6.36. The van der Waals surface area contributed by atoms with Gasteiger partial charge in [0, 0.05) is 17.3 Å². The number of aryl methyl sites for hydroxylation is 1. The summed E-state index contributed by atoms with van der Waals surface area (Å²) in [4.78, 5) is 33.7. The molecule has 2 heterocycles. The van der Waals surface area contributed by atoms with E-state index in [0.29, 0.717) is 11.6 Å². The van der Waals surface area contributed by atoms with E-state index in [9.17, 15) is 14.9 Å². The van der Waals surface area contributed by atoms with Gasteiger partial charge in [-0.25, -0.2) is 9.97 Å². The molecule has 3 aromatic rings.